The number of nitrogens with zero attached hydrogens (tertiary/aromatic N) is 1. The average Bonchev–Trinajstić information content (AvgIpc) is 2.52. The minimum atomic E-state index is -5.64. The summed E-state index contributed by atoms with van der Waals surface area (Å²) in [6.07, 6.45) is -5.47. The lowest BCUT2D eigenvalue weighted by Crippen LogP contribution is -2.53. The number of fused-ring (bicyclic) bond motifs is 1. The number of nitrogens with one attached hydrogen (secondary N) is 1. The fraction of sp³-hybridized carbons (Fsp3) is 0.214. The molecule has 0 aromatic heterocycles. The molecule has 0 aliphatic carbocycles. The third kappa shape index (κ3) is 5.98. The Morgan fingerprint density at radius 3 is 1.68 bits per heavy atom. The van der Waals surface area contributed by atoms with E-state index in [9.17, 15) is 26.4 Å². The van der Waals surface area contributed by atoms with Crippen LogP contribution in [-0.2, 0) is 15.1 Å². The van der Waals surface area contributed by atoms with Crippen molar-refractivity contribution in [1.82, 2.24) is 9.79 Å². The van der Waals surface area contributed by atoms with E-state index in [0.29, 0.717) is 6.92 Å². The van der Waals surface area contributed by atoms with Crippen LogP contribution in [0.2, 0.25) is 0 Å². The predicted octanol–water partition coefficient (Wildman–Crippen LogP) is 2.34. The van der Waals surface area contributed by atoms with Gasteiger partial charge >= 0.3 is 16.6 Å². The number of carbonyl (C=O) groups is 1. The van der Waals surface area contributed by atoms with E-state index in [4.69, 9.17) is 9.76 Å². The Labute approximate surface area is 141 Å². The van der Waals surface area contributed by atoms with Gasteiger partial charge in [0.15, 0.2) is 0 Å². The third-order valence-electron chi connectivity index (χ3n) is 3.00. The van der Waals surface area contributed by atoms with Crippen molar-refractivity contribution in [2.24, 2.45) is 0 Å². The Balaban J connectivity index is 0.000000267. The molecule has 1 atom stereocenters. The maximum atomic E-state index is 12.1. The van der Waals surface area contributed by atoms with Gasteiger partial charge in [-0.05, 0) is 17.7 Å². The SMILES string of the molecule is CC(C(=O)NO)N(C(F)(F)F)S(=O)(=O)O.c1ccc2ccccc2c1. The lowest BCUT2D eigenvalue weighted by Gasteiger charge is -2.25. The van der Waals surface area contributed by atoms with Crippen LogP contribution in [0.25, 0.3) is 10.8 Å². The summed E-state index contributed by atoms with van der Waals surface area (Å²) in [5.41, 5.74) is 0.833. The molecule has 2 aromatic rings. The number of hydrogen-bond acceptors (Lipinski definition) is 4. The van der Waals surface area contributed by atoms with Crippen molar-refractivity contribution < 1.29 is 36.1 Å². The molecule has 0 aliphatic rings. The molecular formula is C14H15F3N2O5S. The largest absolute Gasteiger partial charge is 0.475 e. The Hall–Kier alpha value is -2.21. The molecule has 0 spiro atoms. The van der Waals surface area contributed by atoms with Crippen molar-refractivity contribution in [2.75, 3.05) is 0 Å². The molecule has 138 valence electrons. The second-order valence-corrected chi connectivity index (χ2v) is 6.03. The first-order valence-electron chi connectivity index (χ1n) is 6.70. The first-order valence-corrected chi connectivity index (χ1v) is 8.09. The summed E-state index contributed by atoms with van der Waals surface area (Å²) in [6.45, 7) is 0.535. The van der Waals surface area contributed by atoms with Gasteiger partial charge in [0, 0.05) is 0 Å². The zero-order valence-corrected chi connectivity index (χ0v) is 13.6. The summed E-state index contributed by atoms with van der Waals surface area (Å²) < 4.78 is 63.8. The molecule has 0 aliphatic heterocycles. The van der Waals surface area contributed by atoms with Crippen molar-refractivity contribution in [3.8, 4) is 0 Å². The van der Waals surface area contributed by atoms with E-state index in [1.807, 2.05) is 0 Å². The van der Waals surface area contributed by atoms with Crippen molar-refractivity contribution in [3.05, 3.63) is 48.5 Å². The van der Waals surface area contributed by atoms with Crippen LogP contribution in [0.3, 0.4) is 0 Å². The molecular weight excluding hydrogens is 365 g/mol. The summed E-state index contributed by atoms with van der Waals surface area (Å²) in [5, 5.41) is 10.6. The van der Waals surface area contributed by atoms with Crippen LogP contribution in [0, 0.1) is 0 Å². The van der Waals surface area contributed by atoms with E-state index in [2.05, 4.69) is 48.5 Å². The van der Waals surface area contributed by atoms with Crippen LogP contribution in [0.4, 0.5) is 13.2 Å². The zero-order chi connectivity index (χ0) is 19.3. The smallest absolute Gasteiger partial charge is 0.289 e. The van der Waals surface area contributed by atoms with Crippen molar-refractivity contribution >= 4 is 27.0 Å². The molecule has 25 heavy (non-hydrogen) atoms. The zero-order valence-electron chi connectivity index (χ0n) is 12.8. The second-order valence-electron chi connectivity index (χ2n) is 4.74. The Kier molecular flexibility index (Phi) is 6.87. The lowest BCUT2D eigenvalue weighted by atomic mass is 10.1. The van der Waals surface area contributed by atoms with Crippen LogP contribution in [0.5, 0.6) is 0 Å². The summed E-state index contributed by atoms with van der Waals surface area (Å²) in [6, 6.07) is 14.4. The molecule has 3 N–H and O–H groups in total. The van der Waals surface area contributed by atoms with Crippen molar-refractivity contribution in [1.29, 1.82) is 0 Å². The quantitative estimate of drug-likeness (QED) is 0.328. The first kappa shape index (κ1) is 20.8. The van der Waals surface area contributed by atoms with Gasteiger partial charge in [-0.1, -0.05) is 52.8 Å². The average molecular weight is 380 g/mol. The number of benzene rings is 2. The Morgan fingerprint density at radius 1 is 1.08 bits per heavy atom. The van der Waals surface area contributed by atoms with Gasteiger partial charge in [-0.3, -0.25) is 14.6 Å². The standard InChI is InChI=1S/C10H8.C4H7F3N2O5S/c1-2-6-10-8-4-3-7-9(10)5-1;1-2(3(10)8-11)9(4(5,6)7)15(12,13)14/h1-8H;2,11H,1H3,(H,8,10)(H,12,13,14). The van der Waals surface area contributed by atoms with Crippen molar-refractivity contribution in [2.45, 2.75) is 19.3 Å². The minimum Gasteiger partial charge on any atom is -0.289 e. The molecule has 0 saturated carbocycles. The van der Waals surface area contributed by atoms with Gasteiger partial charge in [-0.2, -0.15) is 21.6 Å². The van der Waals surface area contributed by atoms with E-state index in [0.717, 1.165) is 5.48 Å². The number of rotatable bonds is 3. The number of alkyl halides is 3. The molecule has 2 rings (SSSR count). The molecule has 1 amide bonds. The Bertz CT molecular complexity index is 761. The predicted molar refractivity (Wildman–Crippen MR) is 82.8 cm³/mol. The fourth-order valence-corrected chi connectivity index (χ4v) is 2.64. The van der Waals surface area contributed by atoms with Crippen molar-refractivity contribution in [3.63, 3.8) is 0 Å². The highest BCUT2D eigenvalue weighted by molar-refractivity contribution is 7.83. The number of amides is 1. The topological polar surface area (TPSA) is 107 Å². The van der Waals surface area contributed by atoms with Gasteiger partial charge in [0.25, 0.3) is 5.91 Å². The summed E-state index contributed by atoms with van der Waals surface area (Å²) in [5.74, 6) is -1.63. The van der Waals surface area contributed by atoms with E-state index >= 15 is 0 Å². The number of carbonyl (C=O) groups excluding carboxylic acids is 1. The third-order valence-corrected chi connectivity index (χ3v) is 4.02. The van der Waals surface area contributed by atoms with Gasteiger partial charge in [-0.15, -0.1) is 0 Å². The minimum absolute atomic E-state index is 0.535. The summed E-state index contributed by atoms with van der Waals surface area (Å²) in [4.78, 5) is 10.6. The molecule has 2 aromatic carbocycles. The highest BCUT2D eigenvalue weighted by Crippen LogP contribution is 2.26. The van der Waals surface area contributed by atoms with Crippen LogP contribution >= 0.6 is 0 Å². The maximum absolute atomic E-state index is 12.1. The molecule has 0 heterocycles. The highest BCUT2D eigenvalue weighted by Gasteiger charge is 2.50. The molecule has 0 radical (unpaired) electrons. The van der Waals surface area contributed by atoms with E-state index in [-0.39, 0.29) is 0 Å². The second kappa shape index (κ2) is 8.25. The highest BCUT2D eigenvalue weighted by atomic mass is 32.2. The molecule has 11 heteroatoms. The lowest BCUT2D eigenvalue weighted by molar-refractivity contribution is -0.223. The van der Waals surface area contributed by atoms with Crippen LogP contribution in [0.1, 0.15) is 6.92 Å². The van der Waals surface area contributed by atoms with Crippen LogP contribution in [0.15, 0.2) is 48.5 Å². The summed E-state index contributed by atoms with van der Waals surface area (Å²) >= 11 is 0. The normalized spacial score (nSPS) is 13.1. The molecule has 7 nitrogen and oxygen atoms in total. The maximum Gasteiger partial charge on any atom is 0.475 e. The van der Waals surface area contributed by atoms with E-state index in [1.165, 1.54) is 10.8 Å². The van der Waals surface area contributed by atoms with Crippen LogP contribution < -0.4 is 5.48 Å². The van der Waals surface area contributed by atoms with Gasteiger partial charge in [0.2, 0.25) is 0 Å². The first-order chi connectivity index (χ1) is 11.5. The van der Waals surface area contributed by atoms with E-state index < -0.39 is 32.9 Å². The molecule has 1 unspecified atom stereocenters. The molecule has 0 fully saturated rings. The number of halogens is 3. The summed E-state index contributed by atoms with van der Waals surface area (Å²) in [7, 11) is -5.64. The van der Waals surface area contributed by atoms with Gasteiger partial charge in [-0.25, -0.2) is 5.48 Å². The van der Waals surface area contributed by atoms with Crippen LogP contribution in [-0.4, -0.2) is 40.7 Å². The van der Waals surface area contributed by atoms with Gasteiger partial charge in [0.1, 0.15) is 6.04 Å². The Morgan fingerprint density at radius 2 is 1.44 bits per heavy atom. The molecule has 0 saturated heterocycles. The number of hydrogen-bond donors (Lipinski definition) is 3. The monoisotopic (exact) mass is 380 g/mol. The van der Waals surface area contributed by atoms with E-state index in [1.54, 1.807) is 0 Å². The van der Waals surface area contributed by atoms with Gasteiger partial charge in [0.05, 0.1) is 0 Å². The fourth-order valence-electron chi connectivity index (χ4n) is 1.88. The number of hydroxylamine groups is 1. The van der Waals surface area contributed by atoms with Gasteiger partial charge < -0.3 is 0 Å². The molecule has 0 bridgehead atoms.